The highest BCUT2D eigenvalue weighted by atomic mass is 79.9. The smallest absolute Gasteiger partial charge is 0.0462 e. The molecule has 0 saturated heterocycles. The summed E-state index contributed by atoms with van der Waals surface area (Å²) in [6, 6.07) is 6.27. The molecule has 0 bridgehead atoms. The molecule has 4 heteroatoms. The van der Waals surface area contributed by atoms with Crippen molar-refractivity contribution in [1.82, 2.24) is 5.32 Å². The maximum atomic E-state index is 6.25. The van der Waals surface area contributed by atoms with Gasteiger partial charge in [0.25, 0.3) is 0 Å². The zero-order valence-corrected chi connectivity index (χ0v) is 12.6. The molecule has 0 fully saturated rings. The summed E-state index contributed by atoms with van der Waals surface area (Å²) in [6.07, 6.45) is 2.05. The van der Waals surface area contributed by atoms with Crippen LogP contribution in [0.25, 0.3) is 0 Å². The molecule has 0 radical (unpaired) electrons. The number of nitrogens with one attached hydrogen (secondary N) is 1. The Bertz CT molecular complexity index is 346. The Kier molecular flexibility index (Phi) is 7.12. The third-order valence-corrected chi connectivity index (χ3v) is 3.46. The fourth-order valence-corrected chi connectivity index (χ4v) is 2.46. The first kappa shape index (κ1) is 15.0. The molecule has 1 unspecified atom stereocenters. The molecule has 2 nitrogen and oxygen atoms in total. The van der Waals surface area contributed by atoms with Crippen LogP contribution in [0, 0.1) is 0 Å². The topological polar surface area (TPSA) is 21.3 Å². The molecule has 0 aliphatic rings. The molecule has 1 aromatic rings. The lowest BCUT2D eigenvalue weighted by Gasteiger charge is -2.19. The van der Waals surface area contributed by atoms with E-state index in [0.29, 0.717) is 6.04 Å². The predicted molar refractivity (Wildman–Crippen MR) is 76.7 cm³/mol. The van der Waals surface area contributed by atoms with Gasteiger partial charge in [0.2, 0.25) is 0 Å². The van der Waals surface area contributed by atoms with Gasteiger partial charge < -0.3 is 10.1 Å². The average molecular weight is 321 g/mol. The van der Waals surface area contributed by atoms with Gasteiger partial charge in [-0.1, -0.05) is 34.5 Å². The van der Waals surface area contributed by atoms with Gasteiger partial charge in [-0.2, -0.15) is 0 Å². The second-order valence-corrected chi connectivity index (χ2v) is 5.23. The summed E-state index contributed by atoms with van der Waals surface area (Å²) in [7, 11) is 1.73. The van der Waals surface area contributed by atoms with Gasteiger partial charge in [-0.05, 0) is 43.1 Å². The normalized spacial score (nSPS) is 12.7. The lowest BCUT2D eigenvalue weighted by molar-refractivity contribution is 0.189. The van der Waals surface area contributed by atoms with Crippen molar-refractivity contribution < 1.29 is 4.74 Å². The van der Waals surface area contributed by atoms with E-state index in [2.05, 4.69) is 34.2 Å². The molecule has 0 spiro atoms. The predicted octanol–water partition coefficient (Wildman–Crippen LogP) is 4.18. The van der Waals surface area contributed by atoms with Crippen molar-refractivity contribution in [2.45, 2.75) is 25.8 Å². The van der Waals surface area contributed by atoms with Crippen LogP contribution in [0.1, 0.15) is 31.4 Å². The molecule has 96 valence electrons. The first-order valence-electron chi connectivity index (χ1n) is 5.86. The summed E-state index contributed by atoms with van der Waals surface area (Å²) < 4.78 is 6.15. The van der Waals surface area contributed by atoms with Crippen molar-refractivity contribution in [2.24, 2.45) is 0 Å². The SMILES string of the molecule is CCNC(CCCOC)c1cc(Br)ccc1Cl. The van der Waals surface area contributed by atoms with Gasteiger partial charge in [-0.25, -0.2) is 0 Å². The van der Waals surface area contributed by atoms with Crippen molar-refractivity contribution in [1.29, 1.82) is 0 Å². The fourth-order valence-electron chi connectivity index (χ4n) is 1.83. The first-order valence-corrected chi connectivity index (χ1v) is 7.03. The number of methoxy groups -OCH3 is 1. The molecule has 1 atom stereocenters. The lowest BCUT2D eigenvalue weighted by atomic mass is 10.0. The number of halogens is 2. The lowest BCUT2D eigenvalue weighted by Crippen LogP contribution is -2.21. The van der Waals surface area contributed by atoms with Gasteiger partial charge >= 0.3 is 0 Å². The van der Waals surface area contributed by atoms with E-state index >= 15 is 0 Å². The molecular weight excluding hydrogens is 302 g/mol. The Morgan fingerprint density at radius 3 is 2.88 bits per heavy atom. The zero-order valence-electron chi connectivity index (χ0n) is 10.3. The van der Waals surface area contributed by atoms with E-state index in [0.717, 1.165) is 41.1 Å². The largest absolute Gasteiger partial charge is 0.385 e. The van der Waals surface area contributed by atoms with Crippen LogP contribution in [0.4, 0.5) is 0 Å². The highest BCUT2D eigenvalue weighted by Crippen LogP contribution is 2.29. The Morgan fingerprint density at radius 2 is 2.24 bits per heavy atom. The molecule has 0 amide bonds. The first-order chi connectivity index (χ1) is 8.19. The molecule has 0 aliphatic carbocycles. The molecule has 1 N–H and O–H groups in total. The third-order valence-electron chi connectivity index (χ3n) is 2.63. The minimum Gasteiger partial charge on any atom is -0.385 e. The quantitative estimate of drug-likeness (QED) is 0.761. The number of rotatable bonds is 7. The maximum absolute atomic E-state index is 6.25. The number of hydrogen-bond donors (Lipinski definition) is 1. The fraction of sp³-hybridized carbons (Fsp3) is 0.538. The van der Waals surface area contributed by atoms with Crippen molar-refractivity contribution in [2.75, 3.05) is 20.3 Å². The van der Waals surface area contributed by atoms with Crippen molar-refractivity contribution >= 4 is 27.5 Å². The molecular formula is C13H19BrClNO. The van der Waals surface area contributed by atoms with Crippen LogP contribution >= 0.6 is 27.5 Å². The summed E-state index contributed by atoms with van der Waals surface area (Å²) in [5.41, 5.74) is 1.15. The maximum Gasteiger partial charge on any atom is 0.0462 e. The van der Waals surface area contributed by atoms with Crippen LogP contribution < -0.4 is 5.32 Å². The summed E-state index contributed by atoms with van der Waals surface area (Å²) in [5, 5.41) is 4.28. The van der Waals surface area contributed by atoms with Crippen LogP contribution in [0.5, 0.6) is 0 Å². The second kappa shape index (κ2) is 8.09. The Hall–Kier alpha value is -0.0900. The zero-order chi connectivity index (χ0) is 12.7. The van der Waals surface area contributed by atoms with Gasteiger partial charge in [0.1, 0.15) is 0 Å². The van der Waals surface area contributed by atoms with Crippen LogP contribution in [-0.4, -0.2) is 20.3 Å². The molecule has 0 heterocycles. The van der Waals surface area contributed by atoms with E-state index in [9.17, 15) is 0 Å². The molecule has 0 aromatic heterocycles. The monoisotopic (exact) mass is 319 g/mol. The highest BCUT2D eigenvalue weighted by molar-refractivity contribution is 9.10. The van der Waals surface area contributed by atoms with E-state index < -0.39 is 0 Å². The molecule has 1 aromatic carbocycles. The van der Waals surface area contributed by atoms with Gasteiger partial charge in [-0.3, -0.25) is 0 Å². The summed E-state index contributed by atoms with van der Waals surface area (Å²) in [6.45, 7) is 3.82. The minimum absolute atomic E-state index is 0.292. The Balaban J connectivity index is 2.77. The van der Waals surface area contributed by atoms with E-state index in [1.165, 1.54) is 0 Å². The summed E-state index contributed by atoms with van der Waals surface area (Å²) >= 11 is 9.73. The van der Waals surface area contributed by atoms with Gasteiger partial charge in [-0.15, -0.1) is 0 Å². The van der Waals surface area contributed by atoms with Crippen molar-refractivity contribution in [3.05, 3.63) is 33.3 Å². The number of benzene rings is 1. The van der Waals surface area contributed by atoms with Crippen LogP contribution in [0.2, 0.25) is 5.02 Å². The van der Waals surface area contributed by atoms with E-state index in [1.807, 2.05) is 12.1 Å². The van der Waals surface area contributed by atoms with Gasteiger partial charge in [0.15, 0.2) is 0 Å². The van der Waals surface area contributed by atoms with E-state index in [4.69, 9.17) is 16.3 Å². The van der Waals surface area contributed by atoms with Crippen molar-refractivity contribution in [3.8, 4) is 0 Å². The van der Waals surface area contributed by atoms with Crippen LogP contribution in [0.3, 0.4) is 0 Å². The molecule has 17 heavy (non-hydrogen) atoms. The van der Waals surface area contributed by atoms with Crippen LogP contribution in [0.15, 0.2) is 22.7 Å². The van der Waals surface area contributed by atoms with E-state index in [-0.39, 0.29) is 0 Å². The minimum atomic E-state index is 0.292. The highest BCUT2D eigenvalue weighted by Gasteiger charge is 2.13. The van der Waals surface area contributed by atoms with Crippen molar-refractivity contribution in [3.63, 3.8) is 0 Å². The molecule has 1 rings (SSSR count). The van der Waals surface area contributed by atoms with E-state index in [1.54, 1.807) is 7.11 Å². The average Bonchev–Trinajstić information content (AvgIpc) is 2.32. The number of ether oxygens (including phenoxy) is 1. The summed E-state index contributed by atoms with van der Waals surface area (Å²) in [4.78, 5) is 0. The molecule has 0 saturated carbocycles. The van der Waals surface area contributed by atoms with Gasteiger partial charge in [0, 0.05) is 29.3 Å². The molecule has 0 aliphatic heterocycles. The second-order valence-electron chi connectivity index (χ2n) is 3.91. The Morgan fingerprint density at radius 1 is 1.47 bits per heavy atom. The van der Waals surface area contributed by atoms with Crippen LogP contribution in [-0.2, 0) is 4.74 Å². The van der Waals surface area contributed by atoms with Gasteiger partial charge in [0.05, 0.1) is 0 Å². The Labute approximate surface area is 117 Å². The standard InChI is InChI=1S/C13H19BrClNO/c1-3-16-13(5-4-8-17-2)11-9-10(14)6-7-12(11)15/h6-7,9,13,16H,3-5,8H2,1-2H3. The number of hydrogen-bond acceptors (Lipinski definition) is 2. The third kappa shape index (κ3) is 4.96. The summed E-state index contributed by atoms with van der Waals surface area (Å²) in [5.74, 6) is 0.